The Kier molecular flexibility index (Phi) is 4.52. The highest BCUT2D eigenvalue weighted by Crippen LogP contribution is 2.13. The average Bonchev–Trinajstić information content (AvgIpc) is 2.74. The Balaban J connectivity index is 1.87. The molecule has 2 rings (SSSR count). The van der Waals surface area contributed by atoms with Gasteiger partial charge in [0, 0.05) is 25.5 Å². The van der Waals surface area contributed by atoms with Gasteiger partial charge in [-0.25, -0.2) is 9.50 Å². The minimum absolute atomic E-state index is 0.704. The molecule has 18 heavy (non-hydrogen) atoms. The number of unbranched alkanes of at least 4 members (excludes halogenated alkanes) is 1. The van der Waals surface area contributed by atoms with Crippen LogP contribution in [-0.4, -0.2) is 34.4 Å². The molecule has 98 valence electrons. The van der Waals surface area contributed by atoms with Crippen molar-refractivity contribution in [3.05, 3.63) is 24.2 Å². The second-order valence-electron chi connectivity index (χ2n) is 4.28. The number of hydrogen-bond donors (Lipinski definition) is 1. The summed E-state index contributed by atoms with van der Waals surface area (Å²) in [5.74, 6) is 0.859. The molecule has 2 aromatic rings. The molecule has 0 amide bonds. The molecule has 0 atom stereocenters. The van der Waals surface area contributed by atoms with Crippen molar-refractivity contribution >= 4 is 11.3 Å². The van der Waals surface area contributed by atoms with E-state index in [0.717, 1.165) is 36.6 Å². The van der Waals surface area contributed by atoms with Crippen LogP contribution in [0.4, 0.5) is 5.82 Å². The van der Waals surface area contributed by atoms with Gasteiger partial charge in [-0.05, 0) is 19.4 Å². The van der Waals surface area contributed by atoms with Crippen molar-refractivity contribution in [2.24, 2.45) is 0 Å². The second-order valence-corrected chi connectivity index (χ2v) is 4.28. The molecule has 0 saturated heterocycles. The number of anilines is 1. The van der Waals surface area contributed by atoms with E-state index in [1.165, 1.54) is 6.42 Å². The van der Waals surface area contributed by atoms with Gasteiger partial charge in [0.15, 0.2) is 5.82 Å². The molecule has 0 bridgehead atoms. The van der Waals surface area contributed by atoms with E-state index in [4.69, 9.17) is 4.74 Å². The summed E-state index contributed by atoms with van der Waals surface area (Å²) in [7, 11) is 0. The van der Waals surface area contributed by atoms with E-state index >= 15 is 0 Å². The zero-order chi connectivity index (χ0) is 12.8. The number of fused-ring (bicyclic) bond motifs is 1. The Morgan fingerprint density at radius 1 is 1.39 bits per heavy atom. The van der Waals surface area contributed by atoms with Crippen molar-refractivity contribution in [2.75, 3.05) is 25.1 Å². The predicted molar refractivity (Wildman–Crippen MR) is 71.9 cm³/mol. The smallest absolute Gasteiger partial charge is 0.152 e. The number of aryl methyl sites for hydroxylation is 1. The van der Waals surface area contributed by atoms with Crippen molar-refractivity contribution in [1.29, 1.82) is 0 Å². The Hall–Kier alpha value is -1.62. The van der Waals surface area contributed by atoms with Crippen molar-refractivity contribution in [2.45, 2.75) is 26.7 Å². The van der Waals surface area contributed by atoms with Crippen LogP contribution in [0.15, 0.2) is 18.5 Å². The van der Waals surface area contributed by atoms with Crippen LogP contribution in [0.3, 0.4) is 0 Å². The van der Waals surface area contributed by atoms with Crippen LogP contribution >= 0.6 is 0 Å². The molecule has 0 aromatic carbocycles. The number of nitrogens with zero attached hydrogens (tertiary/aromatic N) is 3. The summed E-state index contributed by atoms with van der Waals surface area (Å²) in [6.45, 7) is 6.44. The fourth-order valence-corrected chi connectivity index (χ4v) is 1.77. The largest absolute Gasteiger partial charge is 0.380 e. The fourth-order valence-electron chi connectivity index (χ4n) is 1.77. The van der Waals surface area contributed by atoms with Gasteiger partial charge in [-0.2, -0.15) is 5.10 Å². The van der Waals surface area contributed by atoms with Gasteiger partial charge in [0.25, 0.3) is 0 Å². The molecule has 0 spiro atoms. The normalized spacial score (nSPS) is 11.0. The summed E-state index contributed by atoms with van der Waals surface area (Å²) < 4.78 is 7.34. The van der Waals surface area contributed by atoms with Crippen LogP contribution in [0.25, 0.3) is 5.52 Å². The van der Waals surface area contributed by atoms with Crippen molar-refractivity contribution < 1.29 is 4.74 Å². The maximum Gasteiger partial charge on any atom is 0.152 e. The molecular weight excluding hydrogens is 228 g/mol. The van der Waals surface area contributed by atoms with E-state index in [1.807, 2.05) is 23.7 Å². The molecule has 5 nitrogen and oxygen atoms in total. The Bertz CT molecular complexity index is 495. The van der Waals surface area contributed by atoms with Crippen molar-refractivity contribution in [1.82, 2.24) is 14.6 Å². The Morgan fingerprint density at radius 3 is 3.11 bits per heavy atom. The number of rotatable bonds is 7. The van der Waals surface area contributed by atoms with Gasteiger partial charge in [0.05, 0.1) is 12.3 Å². The van der Waals surface area contributed by atoms with Crippen LogP contribution in [0.1, 0.15) is 25.5 Å². The highest BCUT2D eigenvalue weighted by molar-refractivity contribution is 5.67. The van der Waals surface area contributed by atoms with Gasteiger partial charge < -0.3 is 10.1 Å². The third-order valence-electron chi connectivity index (χ3n) is 2.69. The van der Waals surface area contributed by atoms with Gasteiger partial charge in [0.2, 0.25) is 0 Å². The molecule has 1 N–H and O–H groups in total. The number of aromatic nitrogens is 3. The molecular formula is C13H20N4O. The minimum atomic E-state index is 0.704. The third-order valence-corrected chi connectivity index (χ3v) is 2.69. The molecule has 0 aliphatic carbocycles. The summed E-state index contributed by atoms with van der Waals surface area (Å²) >= 11 is 0. The highest BCUT2D eigenvalue weighted by Gasteiger charge is 2.04. The first-order chi connectivity index (χ1) is 8.81. The molecule has 0 saturated carbocycles. The molecule has 0 aliphatic rings. The Morgan fingerprint density at radius 2 is 2.28 bits per heavy atom. The standard InChI is InChI=1S/C13H20N4O/c1-3-4-8-18-9-6-15-13-12-10-11(2)16-17(12)7-5-14-13/h5,7,10H,3-4,6,8-9H2,1-2H3,(H,14,15). The monoisotopic (exact) mass is 248 g/mol. The van der Waals surface area contributed by atoms with Crippen LogP contribution < -0.4 is 5.32 Å². The van der Waals surface area contributed by atoms with Gasteiger partial charge >= 0.3 is 0 Å². The van der Waals surface area contributed by atoms with E-state index in [1.54, 1.807) is 6.20 Å². The lowest BCUT2D eigenvalue weighted by Gasteiger charge is -2.07. The van der Waals surface area contributed by atoms with Crippen molar-refractivity contribution in [3.8, 4) is 0 Å². The lowest BCUT2D eigenvalue weighted by molar-refractivity contribution is 0.141. The van der Waals surface area contributed by atoms with Crippen LogP contribution in [0.5, 0.6) is 0 Å². The van der Waals surface area contributed by atoms with Crippen LogP contribution in [0.2, 0.25) is 0 Å². The van der Waals surface area contributed by atoms with E-state index in [2.05, 4.69) is 22.3 Å². The van der Waals surface area contributed by atoms with E-state index in [9.17, 15) is 0 Å². The summed E-state index contributed by atoms with van der Waals surface area (Å²) in [4.78, 5) is 4.33. The fraction of sp³-hybridized carbons (Fsp3) is 0.538. The van der Waals surface area contributed by atoms with Gasteiger partial charge in [-0.1, -0.05) is 13.3 Å². The zero-order valence-electron chi connectivity index (χ0n) is 11.0. The molecule has 5 heteroatoms. The van der Waals surface area contributed by atoms with E-state index in [-0.39, 0.29) is 0 Å². The molecule has 0 aliphatic heterocycles. The molecule has 0 unspecified atom stereocenters. The van der Waals surface area contributed by atoms with E-state index in [0.29, 0.717) is 6.61 Å². The summed E-state index contributed by atoms with van der Waals surface area (Å²) in [6.07, 6.45) is 5.89. The summed E-state index contributed by atoms with van der Waals surface area (Å²) in [5.41, 5.74) is 1.99. The lowest BCUT2D eigenvalue weighted by Crippen LogP contribution is -2.11. The molecule has 0 fully saturated rings. The SMILES string of the molecule is CCCCOCCNc1nccn2nc(C)cc12. The van der Waals surface area contributed by atoms with Crippen LogP contribution in [0, 0.1) is 6.92 Å². The third kappa shape index (κ3) is 3.20. The molecule has 2 aromatic heterocycles. The first-order valence-corrected chi connectivity index (χ1v) is 6.44. The van der Waals surface area contributed by atoms with Gasteiger partial charge in [0.1, 0.15) is 5.52 Å². The Labute approximate surface area is 107 Å². The zero-order valence-corrected chi connectivity index (χ0v) is 11.0. The van der Waals surface area contributed by atoms with Gasteiger partial charge in [-0.15, -0.1) is 0 Å². The average molecular weight is 248 g/mol. The maximum absolute atomic E-state index is 5.50. The second kappa shape index (κ2) is 6.35. The number of ether oxygens (including phenoxy) is 1. The first kappa shape index (κ1) is 12.8. The summed E-state index contributed by atoms with van der Waals surface area (Å²) in [6, 6.07) is 2.02. The van der Waals surface area contributed by atoms with Crippen LogP contribution in [-0.2, 0) is 4.74 Å². The lowest BCUT2D eigenvalue weighted by atomic mass is 10.4. The number of hydrogen-bond acceptors (Lipinski definition) is 4. The first-order valence-electron chi connectivity index (χ1n) is 6.44. The topological polar surface area (TPSA) is 51.5 Å². The van der Waals surface area contributed by atoms with Crippen molar-refractivity contribution in [3.63, 3.8) is 0 Å². The van der Waals surface area contributed by atoms with E-state index < -0.39 is 0 Å². The number of nitrogens with one attached hydrogen (secondary N) is 1. The quantitative estimate of drug-likeness (QED) is 0.764. The highest BCUT2D eigenvalue weighted by atomic mass is 16.5. The molecule has 2 heterocycles. The summed E-state index contributed by atoms with van der Waals surface area (Å²) in [5, 5.41) is 7.63. The maximum atomic E-state index is 5.50. The molecule has 0 radical (unpaired) electrons. The minimum Gasteiger partial charge on any atom is -0.380 e. The predicted octanol–water partition coefficient (Wildman–Crippen LogP) is 2.27. The van der Waals surface area contributed by atoms with Gasteiger partial charge in [-0.3, -0.25) is 0 Å².